The Kier molecular flexibility index (Phi) is 6.22. The summed E-state index contributed by atoms with van der Waals surface area (Å²) in [6.45, 7) is 4.02. The SMILES string of the molecule is CCCC(OC)C(NC)C1CCCOC1. The lowest BCUT2D eigenvalue weighted by Crippen LogP contribution is -2.47. The summed E-state index contributed by atoms with van der Waals surface area (Å²) in [5.74, 6) is 0.611. The molecule has 0 saturated carbocycles. The van der Waals surface area contributed by atoms with Gasteiger partial charge in [-0.3, -0.25) is 0 Å². The number of rotatable bonds is 6. The topological polar surface area (TPSA) is 30.5 Å². The van der Waals surface area contributed by atoms with E-state index < -0.39 is 0 Å². The van der Waals surface area contributed by atoms with Crippen molar-refractivity contribution in [2.45, 2.75) is 44.8 Å². The molecule has 3 atom stereocenters. The van der Waals surface area contributed by atoms with Gasteiger partial charge in [-0.25, -0.2) is 0 Å². The third-order valence-electron chi connectivity index (χ3n) is 3.31. The zero-order valence-electron chi connectivity index (χ0n) is 10.3. The number of methoxy groups -OCH3 is 1. The first-order valence-electron chi connectivity index (χ1n) is 6.11. The maximum absolute atomic E-state index is 5.58. The Morgan fingerprint density at radius 1 is 1.53 bits per heavy atom. The molecule has 3 nitrogen and oxygen atoms in total. The Labute approximate surface area is 93.5 Å². The molecule has 90 valence electrons. The van der Waals surface area contributed by atoms with E-state index in [0.29, 0.717) is 18.1 Å². The minimum atomic E-state index is 0.326. The van der Waals surface area contributed by atoms with E-state index in [1.165, 1.54) is 19.3 Å². The van der Waals surface area contributed by atoms with Gasteiger partial charge in [0.1, 0.15) is 0 Å². The quantitative estimate of drug-likeness (QED) is 0.733. The van der Waals surface area contributed by atoms with Crippen molar-refractivity contribution in [3.8, 4) is 0 Å². The molecule has 0 aliphatic carbocycles. The van der Waals surface area contributed by atoms with Gasteiger partial charge in [-0.2, -0.15) is 0 Å². The van der Waals surface area contributed by atoms with Crippen LogP contribution in [-0.2, 0) is 9.47 Å². The molecule has 0 spiro atoms. The lowest BCUT2D eigenvalue weighted by atomic mass is 9.88. The molecule has 0 aromatic rings. The molecule has 1 saturated heterocycles. The van der Waals surface area contributed by atoms with Gasteiger partial charge in [-0.15, -0.1) is 0 Å². The highest BCUT2D eigenvalue weighted by Gasteiger charge is 2.29. The summed E-state index contributed by atoms with van der Waals surface area (Å²) < 4.78 is 11.1. The maximum Gasteiger partial charge on any atom is 0.0727 e. The summed E-state index contributed by atoms with van der Waals surface area (Å²) in [7, 11) is 3.84. The van der Waals surface area contributed by atoms with Gasteiger partial charge in [0.15, 0.2) is 0 Å². The first-order chi connectivity index (χ1) is 7.33. The highest BCUT2D eigenvalue weighted by molar-refractivity contribution is 4.84. The van der Waals surface area contributed by atoms with E-state index >= 15 is 0 Å². The van der Waals surface area contributed by atoms with E-state index in [4.69, 9.17) is 9.47 Å². The van der Waals surface area contributed by atoms with Crippen LogP contribution in [0.1, 0.15) is 32.6 Å². The molecular formula is C12H25NO2. The lowest BCUT2D eigenvalue weighted by Gasteiger charge is -2.34. The van der Waals surface area contributed by atoms with Gasteiger partial charge in [0, 0.05) is 25.7 Å². The average molecular weight is 215 g/mol. The van der Waals surface area contributed by atoms with Gasteiger partial charge in [0.05, 0.1) is 12.7 Å². The summed E-state index contributed by atoms with van der Waals surface area (Å²) in [4.78, 5) is 0. The molecule has 0 aromatic carbocycles. The van der Waals surface area contributed by atoms with Crippen LogP contribution in [-0.4, -0.2) is 39.5 Å². The van der Waals surface area contributed by atoms with E-state index in [1.54, 1.807) is 0 Å². The molecule has 3 unspecified atom stereocenters. The summed E-state index contributed by atoms with van der Waals surface area (Å²) in [5.41, 5.74) is 0. The number of ether oxygens (including phenoxy) is 2. The second kappa shape index (κ2) is 7.20. The predicted octanol–water partition coefficient (Wildman–Crippen LogP) is 1.82. The summed E-state index contributed by atoms with van der Waals surface area (Å²) >= 11 is 0. The molecule has 1 N–H and O–H groups in total. The monoisotopic (exact) mass is 215 g/mol. The fourth-order valence-corrected chi connectivity index (χ4v) is 2.50. The van der Waals surface area contributed by atoms with Crippen molar-refractivity contribution in [2.24, 2.45) is 5.92 Å². The number of hydrogen-bond acceptors (Lipinski definition) is 3. The van der Waals surface area contributed by atoms with Gasteiger partial charge in [0.2, 0.25) is 0 Å². The minimum absolute atomic E-state index is 0.326. The van der Waals surface area contributed by atoms with Crippen LogP contribution in [0.4, 0.5) is 0 Å². The zero-order valence-corrected chi connectivity index (χ0v) is 10.3. The number of hydrogen-bond donors (Lipinski definition) is 1. The molecule has 15 heavy (non-hydrogen) atoms. The second-order valence-electron chi connectivity index (χ2n) is 4.35. The van der Waals surface area contributed by atoms with E-state index in [9.17, 15) is 0 Å². The summed E-state index contributed by atoms with van der Waals surface area (Å²) in [6, 6.07) is 0.440. The Bertz CT molecular complexity index is 153. The van der Waals surface area contributed by atoms with Crippen molar-refractivity contribution in [3.63, 3.8) is 0 Å². The Morgan fingerprint density at radius 2 is 2.33 bits per heavy atom. The molecular weight excluding hydrogens is 190 g/mol. The van der Waals surface area contributed by atoms with Crippen molar-refractivity contribution in [1.82, 2.24) is 5.32 Å². The van der Waals surface area contributed by atoms with Crippen LogP contribution in [0.5, 0.6) is 0 Å². The molecule has 1 aliphatic rings. The Morgan fingerprint density at radius 3 is 2.80 bits per heavy atom. The Balaban J connectivity index is 2.50. The van der Waals surface area contributed by atoms with Crippen molar-refractivity contribution in [1.29, 1.82) is 0 Å². The van der Waals surface area contributed by atoms with Crippen LogP contribution in [0, 0.1) is 5.92 Å². The lowest BCUT2D eigenvalue weighted by molar-refractivity contribution is -0.0102. The van der Waals surface area contributed by atoms with Crippen LogP contribution in [0.2, 0.25) is 0 Å². The normalized spacial score (nSPS) is 26.2. The maximum atomic E-state index is 5.58. The van der Waals surface area contributed by atoms with Crippen LogP contribution < -0.4 is 5.32 Å². The van der Waals surface area contributed by atoms with E-state index in [1.807, 2.05) is 14.2 Å². The molecule has 0 radical (unpaired) electrons. The minimum Gasteiger partial charge on any atom is -0.381 e. The van der Waals surface area contributed by atoms with Crippen molar-refractivity contribution >= 4 is 0 Å². The van der Waals surface area contributed by atoms with E-state index in [2.05, 4.69) is 12.2 Å². The van der Waals surface area contributed by atoms with Gasteiger partial charge in [0.25, 0.3) is 0 Å². The Hall–Kier alpha value is -0.120. The first-order valence-corrected chi connectivity index (χ1v) is 6.11. The van der Waals surface area contributed by atoms with Crippen LogP contribution in [0.3, 0.4) is 0 Å². The van der Waals surface area contributed by atoms with Gasteiger partial charge in [-0.05, 0) is 26.3 Å². The summed E-state index contributed by atoms with van der Waals surface area (Å²) in [6.07, 6.45) is 5.06. The molecule has 1 aliphatic heterocycles. The molecule has 0 aromatic heterocycles. The average Bonchev–Trinajstić information content (AvgIpc) is 2.30. The molecule has 1 fully saturated rings. The number of nitrogens with one attached hydrogen (secondary N) is 1. The van der Waals surface area contributed by atoms with Gasteiger partial charge >= 0.3 is 0 Å². The van der Waals surface area contributed by atoms with Crippen LogP contribution >= 0.6 is 0 Å². The van der Waals surface area contributed by atoms with Crippen LogP contribution in [0.25, 0.3) is 0 Å². The van der Waals surface area contributed by atoms with E-state index in [-0.39, 0.29) is 0 Å². The van der Waals surface area contributed by atoms with Gasteiger partial charge < -0.3 is 14.8 Å². The van der Waals surface area contributed by atoms with E-state index in [0.717, 1.165) is 19.6 Å². The first kappa shape index (κ1) is 12.9. The zero-order chi connectivity index (χ0) is 11.1. The number of likely N-dealkylation sites (N-methyl/N-ethyl adjacent to an activating group) is 1. The molecule has 1 heterocycles. The molecule has 3 heteroatoms. The highest BCUT2D eigenvalue weighted by Crippen LogP contribution is 2.22. The predicted molar refractivity (Wildman–Crippen MR) is 62.1 cm³/mol. The summed E-state index contributed by atoms with van der Waals surface area (Å²) in [5, 5.41) is 3.40. The fourth-order valence-electron chi connectivity index (χ4n) is 2.50. The largest absolute Gasteiger partial charge is 0.381 e. The van der Waals surface area contributed by atoms with Crippen molar-refractivity contribution in [2.75, 3.05) is 27.4 Å². The smallest absolute Gasteiger partial charge is 0.0727 e. The molecule has 1 rings (SSSR count). The second-order valence-corrected chi connectivity index (χ2v) is 4.35. The van der Waals surface area contributed by atoms with Crippen LogP contribution in [0.15, 0.2) is 0 Å². The van der Waals surface area contributed by atoms with Gasteiger partial charge in [-0.1, -0.05) is 13.3 Å². The standard InChI is InChI=1S/C12H25NO2/c1-4-6-11(14-3)12(13-2)10-7-5-8-15-9-10/h10-13H,4-9H2,1-3H3. The third kappa shape index (κ3) is 3.74. The van der Waals surface area contributed by atoms with Crippen molar-refractivity contribution < 1.29 is 9.47 Å². The molecule has 0 bridgehead atoms. The third-order valence-corrected chi connectivity index (χ3v) is 3.31. The van der Waals surface area contributed by atoms with Crippen molar-refractivity contribution in [3.05, 3.63) is 0 Å². The molecule has 0 amide bonds. The fraction of sp³-hybridized carbons (Fsp3) is 1.00. The highest BCUT2D eigenvalue weighted by atomic mass is 16.5.